The molecule has 1 aliphatic rings. The monoisotopic (exact) mass is 392 g/mol. The van der Waals surface area contributed by atoms with Crippen LogP contribution in [0.4, 0.5) is 0 Å². The molecule has 0 saturated heterocycles. The SMILES string of the molecule is C[Si](C)(C)c1cc2ccc3cc(Br)cc4c3c2c2c(cccc12)O4. The van der Waals surface area contributed by atoms with Crippen molar-refractivity contribution in [2.24, 2.45) is 0 Å². The number of benzene rings is 4. The first-order chi connectivity index (χ1) is 11.4. The van der Waals surface area contributed by atoms with E-state index in [1.807, 2.05) is 0 Å². The highest BCUT2D eigenvalue weighted by molar-refractivity contribution is 9.10. The minimum Gasteiger partial charge on any atom is -0.456 e. The first-order valence-electron chi connectivity index (χ1n) is 8.23. The van der Waals surface area contributed by atoms with Gasteiger partial charge in [-0.05, 0) is 34.4 Å². The smallest absolute Gasteiger partial charge is 0.137 e. The van der Waals surface area contributed by atoms with Crippen LogP contribution in [0.25, 0.3) is 32.3 Å². The molecule has 0 amide bonds. The summed E-state index contributed by atoms with van der Waals surface area (Å²) in [6.45, 7) is 7.24. The average molecular weight is 393 g/mol. The quantitative estimate of drug-likeness (QED) is 0.231. The molecule has 118 valence electrons. The van der Waals surface area contributed by atoms with Crippen LogP contribution in [-0.2, 0) is 0 Å². The van der Waals surface area contributed by atoms with Gasteiger partial charge in [0, 0.05) is 20.6 Å². The number of ether oxygens (including phenoxy) is 1. The fourth-order valence-electron chi connectivity index (χ4n) is 3.95. The second-order valence-electron chi connectivity index (χ2n) is 7.62. The van der Waals surface area contributed by atoms with Crippen LogP contribution < -0.4 is 9.92 Å². The maximum atomic E-state index is 6.32. The summed E-state index contributed by atoms with van der Waals surface area (Å²) in [6, 6.07) is 17.6. The second kappa shape index (κ2) is 4.62. The molecule has 4 aromatic rings. The number of halogens is 1. The lowest BCUT2D eigenvalue weighted by atomic mass is 9.94. The lowest BCUT2D eigenvalue weighted by Crippen LogP contribution is -2.38. The van der Waals surface area contributed by atoms with Crippen LogP contribution in [0.2, 0.25) is 19.6 Å². The van der Waals surface area contributed by atoms with Crippen molar-refractivity contribution < 1.29 is 4.74 Å². The summed E-state index contributed by atoms with van der Waals surface area (Å²) in [4.78, 5) is 0. The Morgan fingerprint density at radius 2 is 1.54 bits per heavy atom. The Morgan fingerprint density at radius 1 is 0.792 bits per heavy atom. The molecule has 0 spiro atoms. The van der Waals surface area contributed by atoms with Crippen LogP contribution in [0.5, 0.6) is 11.5 Å². The molecule has 0 N–H and O–H groups in total. The molecular formula is C21H17BrOSi. The maximum Gasteiger partial charge on any atom is 0.137 e. The summed E-state index contributed by atoms with van der Waals surface area (Å²) in [5.41, 5.74) is 0. The van der Waals surface area contributed by atoms with Crippen molar-refractivity contribution in [3.05, 3.63) is 53.0 Å². The molecule has 0 aliphatic carbocycles. The van der Waals surface area contributed by atoms with Gasteiger partial charge in [0.05, 0.1) is 8.07 Å². The van der Waals surface area contributed by atoms with E-state index in [2.05, 4.69) is 84.1 Å². The third kappa shape index (κ3) is 1.85. The van der Waals surface area contributed by atoms with Gasteiger partial charge in [-0.2, -0.15) is 0 Å². The van der Waals surface area contributed by atoms with E-state index < -0.39 is 8.07 Å². The Morgan fingerprint density at radius 3 is 2.29 bits per heavy atom. The molecule has 4 aromatic carbocycles. The summed E-state index contributed by atoms with van der Waals surface area (Å²) < 4.78 is 7.37. The molecule has 0 aromatic heterocycles. The predicted octanol–water partition coefficient (Wildman–Crippen LogP) is 6.56. The summed E-state index contributed by atoms with van der Waals surface area (Å²) in [7, 11) is -1.46. The lowest BCUT2D eigenvalue weighted by Gasteiger charge is -2.25. The summed E-state index contributed by atoms with van der Waals surface area (Å²) in [6.07, 6.45) is 0. The van der Waals surface area contributed by atoms with Gasteiger partial charge in [0.15, 0.2) is 0 Å². The zero-order valence-corrected chi connectivity index (χ0v) is 16.5. The van der Waals surface area contributed by atoms with Crippen LogP contribution in [-0.4, -0.2) is 8.07 Å². The zero-order valence-electron chi connectivity index (χ0n) is 13.9. The van der Waals surface area contributed by atoms with Crippen molar-refractivity contribution >= 4 is 61.5 Å². The Labute approximate surface area is 150 Å². The average Bonchev–Trinajstić information content (AvgIpc) is 2.52. The molecule has 0 unspecified atom stereocenters. The number of hydrogen-bond acceptors (Lipinski definition) is 1. The van der Waals surface area contributed by atoms with E-state index >= 15 is 0 Å². The largest absolute Gasteiger partial charge is 0.456 e. The van der Waals surface area contributed by atoms with Gasteiger partial charge >= 0.3 is 0 Å². The third-order valence-electron chi connectivity index (χ3n) is 4.97. The van der Waals surface area contributed by atoms with Crippen molar-refractivity contribution in [1.29, 1.82) is 0 Å². The molecule has 0 saturated carbocycles. The van der Waals surface area contributed by atoms with E-state index in [1.54, 1.807) is 0 Å². The van der Waals surface area contributed by atoms with Gasteiger partial charge in [-0.25, -0.2) is 0 Å². The van der Waals surface area contributed by atoms with E-state index in [0.717, 1.165) is 16.0 Å². The molecule has 1 aliphatic heterocycles. The van der Waals surface area contributed by atoms with E-state index in [-0.39, 0.29) is 0 Å². The highest BCUT2D eigenvalue weighted by Gasteiger charge is 2.25. The fraction of sp³-hybridized carbons (Fsp3) is 0.143. The highest BCUT2D eigenvalue weighted by atomic mass is 79.9. The second-order valence-corrected chi connectivity index (χ2v) is 13.6. The first-order valence-corrected chi connectivity index (χ1v) is 12.5. The van der Waals surface area contributed by atoms with Gasteiger partial charge in [0.25, 0.3) is 0 Å². The molecule has 0 fully saturated rings. The van der Waals surface area contributed by atoms with Crippen molar-refractivity contribution in [3.63, 3.8) is 0 Å². The summed E-state index contributed by atoms with van der Waals surface area (Å²) in [5.74, 6) is 1.93. The topological polar surface area (TPSA) is 9.23 Å². The normalized spacial score (nSPS) is 13.3. The van der Waals surface area contributed by atoms with Crippen molar-refractivity contribution in [2.75, 3.05) is 0 Å². The highest BCUT2D eigenvalue weighted by Crippen LogP contribution is 2.47. The fourth-order valence-corrected chi connectivity index (χ4v) is 6.01. The molecule has 24 heavy (non-hydrogen) atoms. The van der Waals surface area contributed by atoms with Gasteiger partial charge in [-0.15, -0.1) is 0 Å². The van der Waals surface area contributed by atoms with Gasteiger partial charge in [-0.1, -0.05) is 71.1 Å². The molecule has 3 heteroatoms. The molecule has 1 heterocycles. The Hall–Kier alpha value is -1.84. The van der Waals surface area contributed by atoms with Gasteiger partial charge in [0.1, 0.15) is 11.5 Å². The van der Waals surface area contributed by atoms with Crippen LogP contribution in [0.15, 0.2) is 53.0 Å². The Balaban J connectivity index is 2.13. The van der Waals surface area contributed by atoms with Crippen LogP contribution in [0, 0.1) is 0 Å². The predicted molar refractivity (Wildman–Crippen MR) is 110 cm³/mol. The third-order valence-corrected chi connectivity index (χ3v) is 7.46. The zero-order chi connectivity index (χ0) is 16.6. The van der Waals surface area contributed by atoms with Crippen LogP contribution in [0.1, 0.15) is 0 Å². The van der Waals surface area contributed by atoms with Crippen molar-refractivity contribution in [2.45, 2.75) is 19.6 Å². The Kier molecular flexibility index (Phi) is 2.79. The van der Waals surface area contributed by atoms with Crippen LogP contribution in [0.3, 0.4) is 0 Å². The molecule has 5 rings (SSSR count). The summed E-state index contributed by atoms with van der Waals surface area (Å²) >= 11 is 3.61. The number of hydrogen-bond donors (Lipinski definition) is 0. The minimum absolute atomic E-state index is 0.950. The number of rotatable bonds is 1. The van der Waals surface area contributed by atoms with E-state index in [0.29, 0.717) is 0 Å². The van der Waals surface area contributed by atoms with Crippen LogP contribution >= 0.6 is 15.9 Å². The molecular weight excluding hydrogens is 376 g/mol. The molecule has 0 radical (unpaired) electrons. The standard InChI is InChI=1S/C21H17BrOSi/c1-24(2,3)18-10-13-8-7-12-9-14(22)11-17-19(12)20(13)21-15(18)5-4-6-16(21)23-17/h4-11H,1-3H3. The maximum absolute atomic E-state index is 6.32. The van der Waals surface area contributed by atoms with Crippen molar-refractivity contribution in [3.8, 4) is 11.5 Å². The molecule has 0 bridgehead atoms. The van der Waals surface area contributed by atoms with Gasteiger partial charge in [-0.3, -0.25) is 0 Å². The lowest BCUT2D eigenvalue weighted by molar-refractivity contribution is 0.492. The van der Waals surface area contributed by atoms with E-state index in [9.17, 15) is 0 Å². The van der Waals surface area contributed by atoms with E-state index in [4.69, 9.17) is 4.74 Å². The minimum atomic E-state index is -1.46. The first kappa shape index (κ1) is 14.5. The molecule has 0 atom stereocenters. The van der Waals surface area contributed by atoms with Crippen molar-refractivity contribution in [1.82, 2.24) is 0 Å². The molecule has 1 nitrogen and oxygen atoms in total. The Bertz CT molecular complexity index is 1170. The van der Waals surface area contributed by atoms with Gasteiger partial charge < -0.3 is 4.74 Å². The summed E-state index contributed by atoms with van der Waals surface area (Å²) in [5, 5.41) is 9.29. The van der Waals surface area contributed by atoms with E-state index in [1.165, 1.54) is 37.5 Å². The van der Waals surface area contributed by atoms with Gasteiger partial charge in [0.2, 0.25) is 0 Å².